The fourth-order valence-corrected chi connectivity index (χ4v) is 2.74. The number of benzene rings is 2. The highest BCUT2D eigenvalue weighted by Gasteiger charge is 2.12. The summed E-state index contributed by atoms with van der Waals surface area (Å²) in [5, 5.41) is 8.26. The van der Waals surface area contributed by atoms with Crippen LogP contribution in [0.3, 0.4) is 0 Å². The maximum atomic E-state index is 11.3. The molecule has 2 aromatic carbocycles. The van der Waals surface area contributed by atoms with Crippen LogP contribution in [-0.4, -0.2) is 8.42 Å². The molecule has 0 radical (unpaired) electrons. The third-order valence-corrected chi connectivity index (χ3v) is 3.81. The Balaban J connectivity index is 2.33. The molecule has 0 aliphatic carbocycles. The number of nitrogen functional groups attached to an aromatic ring is 1. The van der Waals surface area contributed by atoms with Gasteiger partial charge in [-0.15, -0.1) is 0 Å². The van der Waals surface area contributed by atoms with E-state index in [4.69, 9.17) is 10.9 Å². The van der Waals surface area contributed by atoms with E-state index >= 15 is 0 Å². The number of anilines is 3. The van der Waals surface area contributed by atoms with Gasteiger partial charge in [-0.05, 0) is 55.3 Å². The van der Waals surface area contributed by atoms with Crippen molar-refractivity contribution in [2.45, 2.75) is 18.7 Å². The van der Waals surface area contributed by atoms with E-state index in [1.165, 1.54) is 6.07 Å². The molecular weight excluding hydrogens is 274 g/mol. The van der Waals surface area contributed by atoms with E-state index in [-0.39, 0.29) is 10.6 Å². The summed E-state index contributed by atoms with van der Waals surface area (Å²) in [4.78, 5) is -0.0662. The quantitative estimate of drug-likeness (QED) is 0.755. The molecule has 2 aromatic rings. The first kappa shape index (κ1) is 14.4. The van der Waals surface area contributed by atoms with E-state index in [9.17, 15) is 8.42 Å². The molecule has 6 heteroatoms. The van der Waals surface area contributed by atoms with Gasteiger partial charge in [-0.3, -0.25) is 0 Å². The largest absolute Gasteiger partial charge is 0.398 e. The number of hydrogen-bond acceptors (Lipinski definition) is 4. The van der Waals surface area contributed by atoms with Gasteiger partial charge in [0.2, 0.25) is 10.0 Å². The summed E-state index contributed by atoms with van der Waals surface area (Å²) in [5.41, 5.74) is 9.76. The van der Waals surface area contributed by atoms with E-state index in [0.29, 0.717) is 5.69 Å². The smallest absolute Gasteiger partial charge is 0.240 e. The molecule has 0 saturated heterocycles. The van der Waals surface area contributed by atoms with Crippen molar-refractivity contribution in [1.29, 1.82) is 0 Å². The summed E-state index contributed by atoms with van der Waals surface area (Å²) in [5.74, 6) is 0. The molecule has 0 aliphatic heterocycles. The lowest BCUT2D eigenvalue weighted by molar-refractivity contribution is 0.598. The lowest BCUT2D eigenvalue weighted by Crippen LogP contribution is -2.14. The van der Waals surface area contributed by atoms with Crippen LogP contribution in [-0.2, 0) is 10.0 Å². The highest BCUT2D eigenvalue weighted by atomic mass is 32.2. The average molecular weight is 291 g/mol. The van der Waals surface area contributed by atoms with Crippen LogP contribution in [0.15, 0.2) is 41.3 Å². The van der Waals surface area contributed by atoms with Crippen molar-refractivity contribution in [2.24, 2.45) is 5.14 Å². The molecule has 0 bridgehead atoms. The molecule has 2 rings (SSSR count). The summed E-state index contributed by atoms with van der Waals surface area (Å²) in [6.45, 7) is 4.02. The van der Waals surface area contributed by atoms with Gasteiger partial charge >= 0.3 is 0 Å². The average Bonchev–Trinajstić information content (AvgIpc) is 2.25. The zero-order valence-corrected chi connectivity index (χ0v) is 12.2. The molecule has 0 fully saturated rings. The van der Waals surface area contributed by atoms with Crippen LogP contribution in [0.1, 0.15) is 11.1 Å². The van der Waals surface area contributed by atoms with Crippen molar-refractivity contribution in [3.8, 4) is 0 Å². The first-order valence-electron chi connectivity index (χ1n) is 6.03. The maximum absolute atomic E-state index is 11.3. The molecule has 0 spiro atoms. The Hall–Kier alpha value is -2.05. The Kier molecular flexibility index (Phi) is 3.69. The molecule has 5 nitrogen and oxygen atoms in total. The zero-order valence-electron chi connectivity index (χ0n) is 11.3. The van der Waals surface area contributed by atoms with Crippen LogP contribution in [0.25, 0.3) is 0 Å². The van der Waals surface area contributed by atoms with E-state index in [1.807, 2.05) is 26.0 Å². The lowest BCUT2D eigenvalue weighted by Gasteiger charge is -2.11. The lowest BCUT2D eigenvalue weighted by atomic mass is 10.1. The van der Waals surface area contributed by atoms with Gasteiger partial charge in [-0.2, -0.15) is 0 Å². The molecule has 20 heavy (non-hydrogen) atoms. The van der Waals surface area contributed by atoms with Crippen LogP contribution >= 0.6 is 0 Å². The Bertz CT molecular complexity index is 735. The van der Waals surface area contributed by atoms with Gasteiger partial charge < -0.3 is 11.1 Å². The van der Waals surface area contributed by atoms with E-state index in [1.54, 1.807) is 12.1 Å². The second-order valence-corrected chi connectivity index (χ2v) is 6.33. The molecule has 0 amide bonds. The summed E-state index contributed by atoms with van der Waals surface area (Å²) < 4.78 is 22.6. The number of sulfonamides is 1. The number of hydrogen-bond donors (Lipinski definition) is 3. The Morgan fingerprint density at radius 1 is 0.950 bits per heavy atom. The van der Waals surface area contributed by atoms with Crippen molar-refractivity contribution in [3.05, 3.63) is 47.5 Å². The SMILES string of the molecule is Cc1cc(C)cc(Nc2ccc(S(N)(=O)=O)c(N)c2)c1. The van der Waals surface area contributed by atoms with Gasteiger partial charge in [0.15, 0.2) is 0 Å². The van der Waals surface area contributed by atoms with Crippen LogP contribution in [0, 0.1) is 13.8 Å². The molecule has 0 unspecified atom stereocenters. The van der Waals surface area contributed by atoms with Gasteiger partial charge in [-0.25, -0.2) is 13.6 Å². The van der Waals surface area contributed by atoms with Crippen molar-refractivity contribution in [3.63, 3.8) is 0 Å². The van der Waals surface area contributed by atoms with E-state index in [2.05, 4.69) is 11.4 Å². The third-order valence-electron chi connectivity index (χ3n) is 2.83. The second kappa shape index (κ2) is 5.15. The Morgan fingerprint density at radius 2 is 1.55 bits per heavy atom. The Labute approximate surface area is 118 Å². The number of aryl methyl sites for hydroxylation is 2. The minimum absolute atomic E-state index is 0.0662. The molecule has 0 atom stereocenters. The van der Waals surface area contributed by atoms with Crippen LogP contribution in [0.2, 0.25) is 0 Å². The standard InChI is InChI=1S/C14H17N3O2S/c1-9-5-10(2)7-12(6-9)17-11-3-4-14(13(15)8-11)20(16,18)19/h3-8,17H,15H2,1-2H3,(H2,16,18,19). The minimum Gasteiger partial charge on any atom is -0.398 e. The Morgan fingerprint density at radius 3 is 2.05 bits per heavy atom. The maximum Gasteiger partial charge on any atom is 0.240 e. The number of nitrogens with one attached hydrogen (secondary N) is 1. The zero-order chi connectivity index (χ0) is 14.9. The van der Waals surface area contributed by atoms with Gasteiger partial charge in [0, 0.05) is 11.4 Å². The minimum atomic E-state index is -3.79. The summed E-state index contributed by atoms with van der Waals surface area (Å²) in [6.07, 6.45) is 0. The van der Waals surface area contributed by atoms with Crippen LogP contribution in [0.4, 0.5) is 17.1 Å². The van der Waals surface area contributed by atoms with Gasteiger partial charge in [0.1, 0.15) is 4.90 Å². The normalized spacial score (nSPS) is 11.3. The third kappa shape index (κ3) is 3.28. The van der Waals surface area contributed by atoms with Crippen molar-refractivity contribution >= 4 is 27.1 Å². The molecule has 0 heterocycles. The first-order chi connectivity index (χ1) is 9.25. The molecule has 106 valence electrons. The van der Waals surface area contributed by atoms with Crippen molar-refractivity contribution in [2.75, 3.05) is 11.1 Å². The second-order valence-electron chi connectivity index (χ2n) is 4.80. The number of nitrogens with two attached hydrogens (primary N) is 2. The van der Waals surface area contributed by atoms with Crippen LogP contribution in [0.5, 0.6) is 0 Å². The van der Waals surface area contributed by atoms with Gasteiger partial charge in [0.25, 0.3) is 0 Å². The van der Waals surface area contributed by atoms with Crippen molar-refractivity contribution < 1.29 is 8.42 Å². The summed E-state index contributed by atoms with van der Waals surface area (Å²) in [7, 11) is -3.79. The fraction of sp³-hybridized carbons (Fsp3) is 0.143. The number of rotatable bonds is 3. The highest BCUT2D eigenvalue weighted by Crippen LogP contribution is 2.25. The summed E-state index contributed by atoms with van der Waals surface area (Å²) >= 11 is 0. The van der Waals surface area contributed by atoms with Gasteiger partial charge in [0.05, 0.1) is 5.69 Å². The van der Waals surface area contributed by atoms with Crippen LogP contribution < -0.4 is 16.2 Å². The molecule has 0 aromatic heterocycles. The number of primary sulfonamides is 1. The monoisotopic (exact) mass is 291 g/mol. The van der Waals surface area contributed by atoms with E-state index < -0.39 is 10.0 Å². The first-order valence-corrected chi connectivity index (χ1v) is 7.58. The molecule has 5 N–H and O–H groups in total. The molecular formula is C14H17N3O2S. The van der Waals surface area contributed by atoms with E-state index in [0.717, 1.165) is 16.8 Å². The summed E-state index contributed by atoms with van der Waals surface area (Å²) in [6, 6.07) is 10.7. The topological polar surface area (TPSA) is 98.2 Å². The predicted molar refractivity (Wildman–Crippen MR) is 81.4 cm³/mol. The predicted octanol–water partition coefficient (Wildman–Crippen LogP) is 2.28. The fourth-order valence-electron chi connectivity index (χ4n) is 2.10. The highest BCUT2D eigenvalue weighted by molar-refractivity contribution is 7.89. The van der Waals surface area contributed by atoms with Gasteiger partial charge in [-0.1, -0.05) is 6.07 Å². The molecule has 0 saturated carbocycles. The van der Waals surface area contributed by atoms with Crippen molar-refractivity contribution in [1.82, 2.24) is 0 Å². The molecule has 0 aliphatic rings.